The van der Waals surface area contributed by atoms with Crippen LogP contribution in [0.1, 0.15) is 36.0 Å². The number of rotatable bonds is 10. The fourth-order valence-corrected chi connectivity index (χ4v) is 3.55. The number of allylic oxidation sites excluding steroid dienone is 2. The molecule has 7 heteroatoms. The lowest BCUT2D eigenvalue weighted by Gasteiger charge is -2.09. The van der Waals surface area contributed by atoms with Crippen LogP contribution in [0.2, 0.25) is 10.0 Å². The topological polar surface area (TPSA) is 72.6 Å². The summed E-state index contributed by atoms with van der Waals surface area (Å²) >= 11 is 12.1. The number of halogens is 2. The molecule has 33 heavy (non-hydrogen) atoms. The van der Waals surface area contributed by atoms with Crippen molar-refractivity contribution in [1.29, 1.82) is 0 Å². The van der Waals surface area contributed by atoms with Gasteiger partial charge in [-0.3, -0.25) is 10.1 Å². The highest BCUT2D eigenvalue weighted by Gasteiger charge is 2.13. The van der Waals surface area contributed by atoms with Gasteiger partial charge in [-0.05, 0) is 61.2 Å². The van der Waals surface area contributed by atoms with E-state index in [1.54, 1.807) is 48.5 Å². The molecule has 0 spiro atoms. The van der Waals surface area contributed by atoms with Crippen molar-refractivity contribution in [3.05, 3.63) is 110 Å². The first-order chi connectivity index (χ1) is 15.9. The summed E-state index contributed by atoms with van der Waals surface area (Å²) in [4.78, 5) is 11.0. The Morgan fingerprint density at radius 3 is 2.36 bits per heavy atom. The normalized spacial score (nSPS) is 11.3. The summed E-state index contributed by atoms with van der Waals surface area (Å²) in [6, 6.07) is 16.8. The molecular weight excluding hydrogens is 461 g/mol. The molecular formula is C26H23Cl2NO4. The van der Waals surface area contributed by atoms with Gasteiger partial charge in [-0.15, -0.1) is 0 Å². The molecule has 3 aromatic rings. The summed E-state index contributed by atoms with van der Waals surface area (Å²) in [5.74, 6) is 0.762. The molecule has 5 nitrogen and oxygen atoms in total. The van der Waals surface area contributed by atoms with Crippen LogP contribution in [0.4, 0.5) is 5.69 Å². The van der Waals surface area contributed by atoms with E-state index in [1.165, 1.54) is 6.07 Å². The zero-order valence-electron chi connectivity index (χ0n) is 17.8. The summed E-state index contributed by atoms with van der Waals surface area (Å²) < 4.78 is 5.79. The number of benzene rings is 3. The minimum atomic E-state index is -0.403. The Morgan fingerprint density at radius 2 is 1.67 bits per heavy atom. The van der Waals surface area contributed by atoms with E-state index in [0.717, 1.165) is 30.4 Å². The summed E-state index contributed by atoms with van der Waals surface area (Å²) in [5.41, 5.74) is 2.31. The molecule has 0 aromatic heterocycles. The van der Waals surface area contributed by atoms with Gasteiger partial charge >= 0.3 is 0 Å². The minimum absolute atomic E-state index is 0.0235. The second-order valence-electron chi connectivity index (χ2n) is 7.33. The molecule has 0 aliphatic carbocycles. The van der Waals surface area contributed by atoms with E-state index in [0.29, 0.717) is 21.4 Å². The van der Waals surface area contributed by atoms with E-state index in [-0.39, 0.29) is 18.0 Å². The summed E-state index contributed by atoms with van der Waals surface area (Å²) in [6.45, 7) is 0.227. The molecule has 0 unspecified atom stereocenters. The Hall–Kier alpha value is -3.28. The maximum absolute atomic E-state index is 11.4. The van der Waals surface area contributed by atoms with E-state index in [4.69, 9.17) is 27.9 Å². The average molecular weight is 484 g/mol. The molecule has 0 amide bonds. The van der Waals surface area contributed by atoms with Crippen LogP contribution in [0.3, 0.4) is 0 Å². The van der Waals surface area contributed by atoms with Gasteiger partial charge in [0.05, 0.1) is 10.5 Å². The lowest BCUT2D eigenvalue weighted by Crippen LogP contribution is -1.98. The smallest absolute Gasteiger partial charge is 0.276 e. The number of ether oxygens (including phenoxy) is 1. The molecule has 3 aromatic carbocycles. The monoisotopic (exact) mass is 483 g/mol. The molecule has 0 saturated carbocycles. The van der Waals surface area contributed by atoms with E-state index in [1.807, 2.05) is 24.3 Å². The third kappa shape index (κ3) is 7.67. The number of unbranched alkanes of at least 4 members (excludes halogenated alkanes) is 2. The first-order valence-electron chi connectivity index (χ1n) is 10.4. The number of nitrogens with zero attached hydrogens (tertiary/aromatic N) is 1. The molecule has 0 radical (unpaired) electrons. The van der Waals surface area contributed by atoms with Crippen molar-refractivity contribution in [3.63, 3.8) is 0 Å². The summed E-state index contributed by atoms with van der Waals surface area (Å²) in [5, 5.41) is 21.7. The van der Waals surface area contributed by atoms with Crippen molar-refractivity contribution < 1.29 is 14.8 Å². The van der Waals surface area contributed by atoms with Gasteiger partial charge in [-0.25, -0.2) is 0 Å². The third-order valence-electron chi connectivity index (χ3n) is 4.85. The molecule has 0 heterocycles. The van der Waals surface area contributed by atoms with Gasteiger partial charge < -0.3 is 9.84 Å². The maximum atomic E-state index is 11.4. The van der Waals surface area contributed by atoms with Crippen molar-refractivity contribution in [2.75, 3.05) is 0 Å². The summed E-state index contributed by atoms with van der Waals surface area (Å²) in [6.07, 6.45) is 10.3. The van der Waals surface area contributed by atoms with Gasteiger partial charge in [0.1, 0.15) is 18.1 Å². The van der Waals surface area contributed by atoms with Crippen molar-refractivity contribution in [2.24, 2.45) is 0 Å². The number of phenolic OH excluding ortho intramolecular Hbond substituents is 1. The highest BCUT2D eigenvalue weighted by Crippen LogP contribution is 2.27. The van der Waals surface area contributed by atoms with Gasteiger partial charge in [0.25, 0.3) is 5.69 Å². The van der Waals surface area contributed by atoms with E-state index in [9.17, 15) is 15.2 Å². The predicted octanol–water partition coefficient (Wildman–Crippen LogP) is 8.08. The van der Waals surface area contributed by atoms with Crippen molar-refractivity contribution in [1.82, 2.24) is 0 Å². The fraction of sp³-hybridized carbons (Fsp3) is 0.154. The Kier molecular flexibility index (Phi) is 8.93. The van der Waals surface area contributed by atoms with E-state index in [2.05, 4.69) is 6.08 Å². The zero-order chi connectivity index (χ0) is 23.6. The van der Waals surface area contributed by atoms with Crippen LogP contribution in [0, 0.1) is 10.1 Å². The number of nitro benzene ring substituents is 1. The number of hydrogen-bond donors (Lipinski definition) is 1. The van der Waals surface area contributed by atoms with Crippen LogP contribution in [-0.2, 0) is 6.61 Å². The Labute approximate surface area is 202 Å². The predicted molar refractivity (Wildman–Crippen MR) is 134 cm³/mol. The second kappa shape index (κ2) is 12.1. The number of aromatic hydroxyl groups is 1. The molecule has 0 atom stereocenters. The van der Waals surface area contributed by atoms with Crippen molar-refractivity contribution in [2.45, 2.75) is 25.9 Å². The van der Waals surface area contributed by atoms with Crippen LogP contribution in [0.5, 0.6) is 11.5 Å². The molecule has 0 aliphatic rings. The zero-order valence-corrected chi connectivity index (χ0v) is 19.3. The lowest BCUT2D eigenvalue weighted by molar-refractivity contribution is -0.385. The molecule has 3 rings (SSSR count). The van der Waals surface area contributed by atoms with Crippen LogP contribution in [0.15, 0.2) is 72.8 Å². The fourth-order valence-electron chi connectivity index (χ4n) is 3.09. The van der Waals surface area contributed by atoms with Gasteiger partial charge in [-0.1, -0.05) is 65.7 Å². The van der Waals surface area contributed by atoms with Gasteiger partial charge in [-0.2, -0.15) is 0 Å². The van der Waals surface area contributed by atoms with Crippen LogP contribution < -0.4 is 4.74 Å². The molecule has 0 aliphatic heterocycles. The maximum Gasteiger partial charge on any atom is 0.276 e. The SMILES string of the molecule is O=[N+]([O-])c1ccc(OCc2ccc(Cl)cc2Cl)cc1/C=C/CCC/C=C/c1ccc(O)cc1. The Bertz CT molecular complexity index is 1160. The molecule has 0 saturated heterocycles. The lowest BCUT2D eigenvalue weighted by atomic mass is 10.1. The van der Waals surface area contributed by atoms with Gasteiger partial charge in [0.15, 0.2) is 0 Å². The highest BCUT2D eigenvalue weighted by molar-refractivity contribution is 6.35. The van der Waals surface area contributed by atoms with Crippen LogP contribution in [-0.4, -0.2) is 10.0 Å². The number of hydrogen-bond acceptors (Lipinski definition) is 4. The molecule has 0 bridgehead atoms. The minimum Gasteiger partial charge on any atom is -0.508 e. The Balaban J connectivity index is 1.56. The van der Waals surface area contributed by atoms with Crippen LogP contribution in [0.25, 0.3) is 12.2 Å². The molecule has 1 N–H and O–H groups in total. The summed E-state index contributed by atoms with van der Waals surface area (Å²) in [7, 11) is 0. The highest BCUT2D eigenvalue weighted by atomic mass is 35.5. The van der Waals surface area contributed by atoms with Crippen molar-refractivity contribution >= 4 is 41.0 Å². The number of phenols is 1. The third-order valence-corrected chi connectivity index (χ3v) is 5.43. The first-order valence-corrected chi connectivity index (χ1v) is 11.2. The standard InChI is InChI=1S/C26H23Cl2NO4/c27-22-11-10-21(25(28)17-22)18-33-24-14-15-26(29(31)32)20(16-24)7-5-3-1-2-4-6-19-8-12-23(30)13-9-19/h4-17,30H,1-3,18H2/b6-4+,7-5+. The van der Waals surface area contributed by atoms with Crippen molar-refractivity contribution in [3.8, 4) is 11.5 Å². The van der Waals surface area contributed by atoms with Gasteiger partial charge in [0, 0.05) is 21.7 Å². The molecule has 170 valence electrons. The largest absolute Gasteiger partial charge is 0.508 e. The average Bonchev–Trinajstić information content (AvgIpc) is 2.79. The Morgan fingerprint density at radius 1 is 0.939 bits per heavy atom. The quantitative estimate of drug-likeness (QED) is 0.179. The first kappa shape index (κ1) is 24.4. The van der Waals surface area contributed by atoms with Gasteiger partial charge in [0.2, 0.25) is 0 Å². The molecule has 0 fully saturated rings. The van der Waals surface area contributed by atoms with Crippen LogP contribution >= 0.6 is 23.2 Å². The van der Waals surface area contributed by atoms with E-state index < -0.39 is 4.92 Å². The van der Waals surface area contributed by atoms with E-state index >= 15 is 0 Å². The number of nitro groups is 1. The second-order valence-corrected chi connectivity index (χ2v) is 8.17.